The minimum atomic E-state index is -1.16. The van der Waals surface area contributed by atoms with Crippen LogP contribution in [0.1, 0.15) is 166 Å². The molecular formula is C48H76N2O6. The molecule has 0 bridgehead atoms. The van der Waals surface area contributed by atoms with Crippen LogP contribution in [0.2, 0.25) is 0 Å². The summed E-state index contributed by atoms with van der Waals surface area (Å²) in [6.07, 6.45) is 14.0. The molecule has 12 atom stereocenters. The van der Waals surface area contributed by atoms with Gasteiger partial charge in [0.25, 0.3) is 0 Å². The number of likely N-dealkylation sites (tertiary alicyclic amines) is 1. The molecule has 8 heteroatoms. The number of amides is 2. The molecule has 7 fully saturated rings. The Bertz CT molecular complexity index is 1630. The average Bonchev–Trinajstić information content (AvgIpc) is 3.53. The summed E-state index contributed by atoms with van der Waals surface area (Å²) in [5.74, 6) is 1.12. The van der Waals surface area contributed by atoms with Gasteiger partial charge in [-0.3, -0.25) is 19.2 Å². The molecule has 0 spiro atoms. The van der Waals surface area contributed by atoms with Crippen LogP contribution in [0.25, 0.3) is 0 Å². The highest BCUT2D eigenvalue weighted by Crippen LogP contribution is 2.77. The van der Waals surface area contributed by atoms with Gasteiger partial charge in [-0.15, -0.1) is 0 Å². The lowest BCUT2D eigenvalue weighted by molar-refractivity contribution is -0.249. The van der Waals surface area contributed by atoms with Crippen molar-refractivity contribution in [3.05, 3.63) is 12.2 Å². The molecule has 6 aliphatic carbocycles. The second kappa shape index (κ2) is 13.8. The van der Waals surface area contributed by atoms with Crippen LogP contribution in [0.15, 0.2) is 12.2 Å². The van der Waals surface area contributed by atoms with Gasteiger partial charge in [0, 0.05) is 30.5 Å². The number of rotatable bonds is 8. The third-order valence-electron chi connectivity index (χ3n) is 19.4. The second-order valence-corrected chi connectivity index (χ2v) is 23.1. The summed E-state index contributed by atoms with van der Waals surface area (Å²) in [6.45, 7) is 28.5. The van der Waals surface area contributed by atoms with Crippen molar-refractivity contribution >= 4 is 23.8 Å². The van der Waals surface area contributed by atoms with Crippen LogP contribution in [0, 0.1) is 73.4 Å². The topological polar surface area (TPSA) is 113 Å². The molecule has 1 saturated heterocycles. The summed E-state index contributed by atoms with van der Waals surface area (Å²) in [4.78, 5) is 55.6. The van der Waals surface area contributed by atoms with Crippen LogP contribution in [0.5, 0.6) is 0 Å². The number of carbonyl (C=O) groups excluding carboxylic acids is 3. The zero-order valence-corrected chi connectivity index (χ0v) is 36.8. The molecule has 8 nitrogen and oxygen atoms in total. The molecule has 7 rings (SSSR count). The van der Waals surface area contributed by atoms with E-state index in [2.05, 4.69) is 72.2 Å². The van der Waals surface area contributed by atoms with Gasteiger partial charge in [-0.05, 0) is 162 Å². The van der Waals surface area contributed by atoms with Crippen LogP contribution in [0.3, 0.4) is 0 Å². The van der Waals surface area contributed by atoms with E-state index >= 15 is 4.79 Å². The van der Waals surface area contributed by atoms with Crippen molar-refractivity contribution in [3.8, 4) is 0 Å². The van der Waals surface area contributed by atoms with Gasteiger partial charge < -0.3 is 20.1 Å². The first-order chi connectivity index (χ1) is 26.0. The van der Waals surface area contributed by atoms with E-state index in [0.29, 0.717) is 29.6 Å². The van der Waals surface area contributed by atoms with E-state index in [9.17, 15) is 19.5 Å². The van der Waals surface area contributed by atoms with Crippen LogP contribution < -0.4 is 5.32 Å². The largest absolute Gasteiger partial charge is 0.481 e. The van der Waals surface area contributed by atoms with Crippen molar-refractivity contribution < 1.29 is 29.0 Å². The van der Waals surface area contributed by atoms with Gasteiger partial charge in [0.05, 0.1) is 17.3 Å². The third-order valence-corrected chi connectivity index (χ3v) is 19.4. The summed E-state index contributed by atoms with van der Waals surface area (Å²) in [6, 6.07) is 0.0193. The summed E-state index contributed by atoms with van der Waals surface area (Å²) >= 11 is 0. The average molecular weight is 777 g/mol. The molecule has 2 amide bonds. The number of ether oxygens (including phenoxy) is 1. The summed E-state index contributed by atoms with van der Waals surface area (Å²) in [7, 11) is 0. The van der Waals surface area contributed by atoms with E-state index in [1.54, 1.807) is 13.8 Å². The van der Waals surface area contributed by atoms with Gasteiger partial charge in [0.15, 0.2) is 0 Å². The number of aliphatic carboxylic acids is 1. The fourth-order valence-corrected chi connectivity index (χ4v) is 15.6. The number of hydrogen-bond donors (Lipinski definition) is 2. The number of fused-ring (bicyclic) bond motifs is 7. The molecule has 314 valence electrons. The number of nitrogens with one attached hydrogen (secondary N) is 1. The summed E-state index contributed by atoms with van der Waals surface area (Å²) in [5, 5.41) is 13.3. The molecular weight excluding hydrogens is 701 g/mol. The Morgan fingerprint density at radius 2 is 1.48 bits per heavy atom. The highest BCUT2D eigenvalue weighted by atomic mass is 16.5. The Morgan fingerprint density at radius 1 is 0.804 bits per heavy atom. The van der Waals surface area contributed by atoms with Crippen molar-refractivity contribution in [2.45, 2.75) is 178 Å². The summed E-state index contributed by atoms with van der Waals surface area (Å²) < 4.78 is 6.20. The minimum Gasteiger partial charge on any atom is -0.481 e. The predicted octanol–water partition coefficient (Wildman–Crippen LogP) is 9.60. The lowest BCUT2D eigenvalue weighted by atomic mass is 9.32. The Labute approximate surface area is 338 Å². The van der Waals surface area contributed by atoms with E-state index in [4.69, 9.17) is 4.74 Å². The van der Waals surface area contributed by atoms with Gasteiger partial charge in [-0.2, -0.15) is 0 Å². The fraction of sp³-hybridized carbons (Fsp3) is 0.875. The minimum absolute atomic E-state index is 0.0193. The number of allylic oxidation sites excluding steroid dienone is 1. The Hall–Kier alpha value is -2.38. The van der Waals surface area contributed by atoms with Crippen molar-refractivity contribution in [1.82, 2.24) is 10.2 Å². The van der Waals surface area contributed by atoms with Crippen LogP contribution in [-0.4, -0.2) is 59.0 Å². The Balaban J connectivity index is 1.10. The molecule has 56 heavy (non-hydrogen) atoms. The monoisotopic (exact) mass is 777 g/mol. The van der Waals surface area contributed by atoms with Crippen LogP contribution >= 0.6 is 0 Å². The van der Waals surface area contributed by atoms with Crippen molar-refractivity contribution in [3.63, 3.8) is 0 Å². The zero-order chi connectivity index (χ0) is 41.0. The van der Waals surface area contributed by atoms with E-state index < -0.39 is 22.8 Å². The maximum Gasteiger partial charge on any atom is 0.309 e. The van der Waals surface area contributed by atoms with Crippen LogP contribution in [0.4, 0.5) is 0 Å². The molecule has 0 radical (unpaired) electrons. The number of hydrogen-bond acceptors (Lipinski definition) is 5. The van der Waals surface area contributed by atoms with Crippen LogP contribution in [-0.2, 0) is 23.9 Å². The maximum atomic E-state index is 15.0. The second-order valence-electron chi connectivity index (χ2n) is 23.1. The van der Waals surface area contributed by atoms with E-state index in [-0.39, 0.29) is 63.4 Å². The van der Waals surface area contributed by atoms with Crippen molar-refractivity contribution in [2.24, 2.45) is 73.4 Å². The molecule has 1 aliphatic heterocycles. The normalized spacial score (nSPS) is 43.8. The standard InChI is InChI=1S/C48H76N2O6/c1-29(2)30-17-22-48(40(53)49-35-27-32(43(35,5)6)39(52)50-25-13-12-14-26-50)24-23-46(10)31(38(30)48)15-16-34-45(9)20-19-36(56-37(51)28-42(3,4)41(54)55)44(7,8)33(45)18-21-47(34,46)11/h30-36,38H,1,12-28H2,2-11H3,(H,49,53)(H,54,55)/t30-,31?,32+,33?,34?,35+,36-,38?,45?,46+,47+,48-/m0/s1. The number of carboxylic acid groups (broad SMARTS) is 1. The van der Waals surface area contributed by atoms with Crippen molar-refractivity contribution in [2.75, 3.05) is 13.1 Å². The molecule has 1 heterocycles. The van der Waals surface area contributed by atoms with Gasteiger partial charge in [-0.1, -0.05) is 60.6 Å². The lowest BCUT2D eigenvalue weighted by Crippen LogP contribution is -2.68. The number of nitrogens with zero attached hydrogens (tertiary/aromatic N) is 1. The van der Waals surface area contributed by atoms with Crippen molar-refractivity contribution in [1.29, 1.82) is 0 Å². The number of piperidine rings is 1. The van der Waals surface area contributed by atoms with E-state index in [0.717, 1.165) is 96.6 Å². The molecule has 6 saturated carbocycles. The van der Waals surface area contributed by atoms with Gasteiger partial charge in [0.1, 0.15) is 6.10 Å². The van der Waals surface area contributed by atoms with E-state index in [1.807, 2.05) is 0 Å². The van der Waals surface area contributed by atoms with Gasteiger partial charge >= 0.3 is 11.9 Å². The number of esters is 1. The highest BCUT2D eigenvalue weighted by molar-refractivity contribution is 5.86. The zero-order valence-electron chi connectivity index (χ0n) is 36.8. The van der Waals surface area contributed by atoms with Gasteiger partial charge in [0.2, 0.25) is 11.8 Å². The smallest absolute Gasteiger partial charge is 0.309 e. The highest BCUT2D eigenvalue weighted by Gasteiger charge is 2.72. The summed E-state index contributed by atoms with van der Waals surface area (Å²) in [5.41, 5.74) is -0.492. The Kier molecular flexibility index (Phi) is 10.3. The SMILES string of the molecule is C=C(C)[C@@H]1CC[C@]2(C(=O)N[C@@H]3C[C@H](C(=O)N4CCCCC4)C3(C)C)CC[C@]3(C)C(CCC4C5(C)CC[C@H](OC(=O)CC(C)(C)C(=O)O)C(C)(C)C5CC[C@]43C)C12. The first kappa shape index (κ1) is 41.8. The number of carboxylic acids is 1. The molecule has 0 aromatic heterocycles. The third kappa shape index (κ3) is 6.07. The molecule has 0 aromatic carbocycles. The van der Waals surface area contributed by atoms with Gasteiger partial charge in [-0.25, -0.2) is 0 Å². The number of carbonyl (C=O) groups is 4. The molecule has 2 N–H and O–H groups in total. The quantitative estimate of drug-likeness (QED) is 0.188. The lowest BCUT2D eigenvalue weighted by Gasteiger charge is -2.73. The Morgan fingerprint density at radius 3 is 2.11 bits per heavy atom. The maximum absolute atomic E-state index is 15.0. The first-order valence-corrected chi connectivity index (χ1v) is 22.7. The molecule has 7 aliphatic rings. The molecule has 0 aromatic rings. The predicted molar refractivity (Wildman–Crippen MR) is 219 cm³/mol. The fourth-order valence-electron chi connectivity index (χ4n) is 15.6. The molecule has 5 unspecified atom stereocenters. The first-order valence-electron chi connectivity index (χ1n) is 22.7. The van der Waals surface area contributed by atoms with E-state index in [1.165, 1.54) is 12.0 Å².